The highest BCUT2D eigenvalue weighted by atomic mass is 32.2. The molecule has 4 nitrogen and oxygen atoms in total. The molecule has 1 aliphatic rings. The Bertz CT molecular complexity index is 754. The van der Waals surface area contributed by atoms with Crippen LogP contribution in [0.5, 0.6) is 0 Å². The number of carbonyl (C=O) groups excluding carboxylic acids is 1. The molecule has 3 rings (SSSR count). The first-order chi connectivity index (χ1) is 9.58. The van der Waals surface area contributed by atoms with Gasteiger partial charge in [0.15, 0.2) is 9.84 Å². The van der Waals surface area contributed by atoms with Crippen LogP contribution in [0.1, 0.15) is 5.56 Å². The Morgan fingerprint density at radius 2 is 1.60 bits per heavy atom. The largest absolute Gasteiger partial charge is 0.306 e. The summed E-state index contributed by atoms with van der Waals surface area (Å²) in [4.78, 5) is 13.9. The maximum absolute atomic E-state index is 12.1. The molecule has 20 heavy (non-hydrogen) atoms. The van der Waals surface area contributed by atoms with E-state index in [1.54, 1.807) is 24.3 Å². The van der Waals surface area contributed by atoms with Crippen molar-refractivity contribution in [2.45, 2.75) is 11.4 Å². The van der Waals surface area contributed by atoms with Crippen molar-refractivity contribution in [2.24, 2.45) is 0 Å². The molecule has 0 bridgehead atoms. The number of sulfone groups is 1. The Morgan fingerprint density at radius 3 is 2.35 bits per heavy atom. The number of para-hydroxylation sites is 1. The van der Waals surface area contributed by atoms with Crippen molar-refractivity contribution in [3.8, 4) is 0 Å². The normalized spacial score (nSPS) is 16.8. The summed E-state index contributed by atoms with van der Waals surface area (Å²) in [7, 11) is -3.51. The van der Waals surface area contributed by atoms with Crippen molar-refractivity contribution in [2.75, 3.05) is 10.7 Å². The fraction of sp³-hybridized carbons (Fsp3) is 0.133. The summed E-state index contributed by atoms with van der Waals surface area (Å²) in [6.45, 7) is 0.381. The van der Waals surface area contributed by atoms with Gasteiger partial charge in [-0.3, -0.25) is 4.79 Å². The lowest BCUT2D eigenvalue weighted by Gasteiger charge is -2.29. The third-order valence-corrected chi connectivity index (χ3v) is 4.93. The second-order valence-electron chi connectivity index (χ2n) is 4.69. The monoisotopic (exact) mass is 287 g/mol. The highest BCUT2D eigenvalue weighted by Gasteiger charge is 2.34. The summed E-state index contributed by atoms with van der Waals surface area (Å²) in [6.07, 6.45) is 0. The van der Waals surface area contributed by atoms with E-state index < -0.39 is 15.6 Å². The fourth-order valence-corrected chi connectivity index (χ4v) is 3.75. The Morgan fingerprint density at radius 1 is 0.950 bits per heavy atom. The molecule has 2 aromatic rings. The first-order valence-electron chi connectivity index (χ1n) is 6.24. The first kappa shape index (κ1) is 12.9. The minimum atomic E-state index is -3.51. The summed E-state index contributed by atoms with van der Waals surface area (Å²) >= 11 is 0. The maximum atomic E-state index is 12.1. The lowest BCUT2D eigenvalue weighted by molar-refractivity contribution is -0.116. The zero-order valence-electron chi connectivity index (χ0n) is 10.7. The van der Waals surface area contributed by atoms with Gasteiger partial charge in [-0.25, -0.2) is 8.42 Å². The standard InChI is InChI=1S/C15H13NO3S/c17-15-11-20(18,19)14-9-5-4-8-13(14)16(15)10-12-6-2-1-3-7-12/h1-9H,10-11H2. The molecule has 0 N–H and O–H groups in total. The van der Waals surface area contributed by atoms with Crippen LogP contribution in [0.3, 0.4) is 0 Å². The molecule has 1 aliphatic heterocycles. The van der Waals surface area contributed by atoms with Crippen LogP contribution in [0.4, 0.5) is 5.69 Å². The number of hydrogen-bond donors (Lipinski definition) is 0. The summed E-state index contributed by atoms with van der Waals surface area (Å²) in [5, 5.41) is 0. The summed E-state index contributed by atoms with van der Waals surface area (Å²) < 4.78 is 24.1. The highest BCUT2D eigenvalue weighted by molar-refractivity contribution is 7.92. The molecule has 1 heterocycles. The first-order valence-corrected chi connectivity index (χ1v) is 7.89. The number of amides is 1. The van der Waals surface area contributed by atoms with E-state index in [1.807, 2.05) is 30.3 Å². The topological polar surface area (TPSA) is 54.5 Å². The lowest BCUT2D eigenvalue weighted by atomic mass is 10.2. The van der Waals surface area contributed by atoms with Gasteiger partial charge in [0.2, 0.25) is 5.91 Å². The van der Waals surface area contributed by atoms with Crippen molar-refractivity contribution < 1.29 is 13.2 Å². The third-order valence-electron chi connectivity index (χ3n) is 3.29. The lowest BCUT2D eigenvalue weighted by Crippen LogP contribution is -2.40. The van der Waals surface area contributed by atoms with E-state index in [2.05, 4.69) is 0 Å². The van der Waals surface area contributed by atoms with Crippen LogP contribution in [0, 0.1) is 0 Å². The Labute approximate surface area is 117 Å². The van der Waals surface area contributed by atoms with Crippen LogP contribution < -0.4 is 4.90 Å². The van der Waals surface area contributed by atoms with E-state index in [-0.39, 0.29) is 10.8 Å². The molecule has 0 spiro atoms. The van der Waals surface area contributed by atoms with Crippen molar-refractivity contribution in [1.82, 2.24) is 0 Å². The minimum absolute atomic E-state index is 0.232. The highest BCUT2D eigenvalue weighted by Crippen LogP contribution is 2.31. The molecule has 0 radical (unpaired) electrons. The zero-order chi connectivity index (χ0) is 14.2. The van der Waals surface area contributed by atoms with E-state index in [9.17, 15) is 13.2 Å². The molecule has 102 valence electrons. The Balaban J connectivity index is 2.06. The van der Waals surface area contributed by atoms with Crippen molar-refractivity contribution in [1.29, 1.82) is 0 Å². The van der Waals surface area contributed by atoms with E-state index in [0.717, 1.165) is 5.56 Å². The van der Waals surface area contributed by atoms with Crippen LogP contribution in [0.15, 0.2) is 59.5 Å². The van der Waals surface area contributed by atoms with Gasteiger partial charge in [0.05, 0.1) is 17.1 Å². The molecule has 0 atom stereocenters. The Hall–Kier alpha value is -2.14. The van der Waals surface area contributed by atoms with Crippen molar-refractivity contribution >= 4 is 21.4 Å². The molecule has 5 heteroatoms. The molecule has 0 aromatic heterocycles. The number of benzene rings is 2. The Kier molecular flexibility index (Phi) is 3.06. The molecule has 0 unspecified atom stereocenters. The molecular weight excluding hydrogens is 274 g/mol. The molecule has 0 saturated heterocycles. The van der Waals surface area contributed by atoms with Crippen LogP contribution in [-0.4, -0.2) is 20.1 Å². The second kappa shape index (κ2) is 4.76. The van der Waals surface area contributed by atoms with Crippen molar-refractivity contribution in [3.63, 3.8) is 0 Å². The number of hydrogen-bond acceptors (Lipinski definition) is 3. The van der Waals surface area contributed by atoms with Crippen LogP contribution in [-0.2, 0) is 21.2 Å². The van der Waals surface area contributed by atoms with Crippen LogP contribution in [0.2, 0.25) is 0 Å². The van der Waals surface area contributed by atoms with Gasteiger partial charge in [-0.15, -0.1) is 0 Å². The van der Waals surface area contributed by atoms with Gasteiger partial charge < -0.3 is 4.90 Å². The number of anilines is 1. The quantitative estimate of drug-likeness (QED) is 0.849. The second-order valence-corrected chi connectivity index (χ2v) is 6.65. The minimum Gasteiger partial charge on any atom is -0.306 e. The van der Waals surface area contributed by atoms with Gasteiger partial charge in [0, 0.05) is 0 Å². The number of nitrogens with zero attached hydrogens (tertiary/aromatic N) is 1. The van der Waals surface area contributed by atoms with Crippen LogP contribution >= 0.6 is 0 Å². The third kappa shape index (κ3) is 2.20. The predicted molar refractivity (Wildman–Crippen MR) is 76.1 cm³/mol. The SMILES string of the molecule is O=C1CS(=O)(=O)c2ccccc2N1Cc1ccccc1. The van der Waals surface area contributed by atoms with Gasteiger partial charge in [0.25, 0.3) is 0 Å². The smallest absolute Gasteiger partial charge is 0.242 e. The van der Waals surface area contributed by atoms with Gasteiger partial charge in [-0.1, -0.05) is 42.5 Å². The summed E-state index contributed by atoms with van der Waals surface area (Å²) in [6, 6.07) is 16.2. The molecule has 2 aromatic carbocycles. The van der Waals surface area contributed by atoms with E-state index in [4.69, 9.17) is 0 Å². The molecule has 0 saturated carbocycles. The molecule has 0 aliphatic carbocycles. The number of fused-ring (bicyclic) bond motifs is 1. The van der Waals surface area contributed by atoms with Gasteiger partial charge in [-0.05, 0) is 17.7 Å². The average Bonchev–Trinajstić information content (AvgIpc) is 2.44. The molecule has 1 amide bonds. The van der Waals surface area contributed by atoms with Gasteiger partial charge in [-0.2, -0.15) is 0 Å². The molecule has 0 fully saturated rings. The van der Waals surface area contributed by atoms with Crippen molar-refractivity contribution in [3.05, 3.63) is 60.2 Å². The predicted octanol–water partition coefficient (Wildman–Crippen LogP) is 2.01. The molecular formula is C15H13NO3S. The fourth-order valence-electron chi connectivity index (χ4n) is 2.34. The average molecular weight is 287 g/mol. The van der Waals surface area contributed by atoms with E-state index in [1.165, 1.54) is 4.90 Å². The van der Waals surface area contributed by atoms with Crippen LogP contribution in [0.25, 0.3) is 0 Å². The number of rotatable bonds is 2. The number of carbonyl (C=O) groups is 1. The maximum Gasteiger partial charge on any atom is 0.242 e. The van der Waals surface area contributed by atoms with E-state index >= 15 is 0 Å². The summed E-state index contributed by atoms with van der Waals surface area (Å²) in [5.74, 6) is -0.843. The van der Waals surface area contributed by atoms with Gasteiger partial charge in [0.1, 0.15) is 5.75 Å². The zero-order valence-corrected chi connectivity index (χ0v) is 11.5. The van der Waals surface area contributed by atoms with Gasteiger partial charge >= 0.3 is 0 Å². The summed E-state index contributed by atoms with van der Waals surface area (Å²) in [5.41, 5.74) is 1.43. The van der Waals surface area contributed by atoms with E-state index in [0.29, 0.717) is 12.2 Å².